The largest absolute Gasteiger partial charge is 0.493 e. The molecule has 34 heavy (non-hydrogen) atoms. The topological polar surface area (TPSA) is 76.4 Å². The molecule has 0 saturated heterocycles. The van der Waals surface area contributed by atoms with Crippen LogP contribution in [0.4, 0.5) is 27.8 Å². The van der Waals surface area contributed by atoms with Crippen LogP contribution in [0, 0.1) is 11.6 Å². The number of fused-ring (bicyclic) bond motifs is 1. The van der Waals surface area contributed by atoms with Crippen LogP contribution in [0.1, 0.15) is 34.1 Å². The number of nitrogens with zero attached hydrogens (tertiary/aromatic N) is 4. The van der Waals surface area contributed by atoms with Gasteiger partial charge in [0.25, 0.3) is 5.78 Å². The van der Waals surface area contributed by atoms with E-state index in [-0.39, 0.29) is 23.7 Å². The number of halogens is 6. The van der Waals surface area contributed by atoms with Crippen molar-refractivity contribution in [2.75, 3.05) is 18.5 Å². The predicted octanol–water partition coefficient (Wildman–Crippen LogP) is 5.24. The molecule has 0 saturated carbocycles. The quantitative estimate of drug-likeness (QED) is 0.247. The fourth-order valence-electron chi connectivity index (χ4n) is 3.06. The van der Waals surface area contributed by atoms with Gasteiger partial charge in [-0.1, -0.05) is 11.6 Å². The third kappa shape index (κ3) is 6.03. The van der Waals surface area contributed by atoms with Crippen molar-refractivity contribution in [3.63, 3.8) is 0 Å². The number of alkyl halides is 3. The highest BCUT2D eigenvalue weighted by Gasteiger charge is 2.37. The molecule has 13 heteroatoms. The number of hydrogen-bond donors (Lipinski definition) is 2. The van der Waals surface area contributed by atoms with Gasteiger partial charge in [0.05, 0.1) is 17.7 Å². The summed E-state index contributed by atoms with van der Waals surface area (Å²) in [4.78, 5) is 7.69. The Morgan fingerprint density at radius 1 is 1.12 bits per heavy atom. The molecule has 0 radical (unpaired) electrons. The normalized spacial score (nSPS) is 13.4. The smallest absolute Gasteiger partial charge is 0.408 e. The van der Waals surface area contributed by atoms with E-state index in [1.165, 1.54) is 0 Å². The summed E-state index contributed by atoms with van der Waals surface area (Å²) in [7, 11) is 0. The van der Waals surface area contributed by atoms with E-state index in [2.05, 4.69) is 25.7 Å². The van der Waals surface area contributed by atoms with Crippen LogP contribution in [0.3, 0.4) is 0 Å². The van der Waals surface area contributed by atoms with Gasteiger partial charge in [0, 0.05) is 17.7 Å². The Morgan fingerprint density at radius 3 is 2.35 bits per heavy atom. The van der Waals surface area contributed by atoms with Gasteiger partial charge in [0.1, 0.15) is 40.7 Å². The van der Waals surface area contributed by atoms with E-state index in [0.717, 1.165) is 29.9 Å². The van der Waals surface area contributed by atoms with Crippen molar-refractivity contribution >= 4 is 23.2 Å². The second-order valence-corrected chi connectivity index (χ2v) is 9.00. The average Bonchev–Trinajstić information content (AvgIpc) is 3.15. The number of rotatable bonds is 8. The molecule has 0 bridgehead atoms. The van der Waals surface area contributed by atoms with Crippen LogP contribution in [0.5, 0.6) is 5.75 Å². The molecule has 0 fully saturated rings. The summed E-state index contributed by atoms with van der Waals surface area (Å²) in [6, 6.07) is -0.212. The van der Waals surface area contributed by atoms with Crippen molar-refractivity contribution in [2.24, 2.45) is 0 Å². The minimum Gasteiger partial charge on any atom is -0.493 e. The van der Waals surface area contributed by atoms with Gasteiger partial charge in [-0.05, 0) is 40.7 Å². The molecule has 0 spiro atoms. The molecule has 0 aliphatic heterocycles. The molecular formula is C21H24ClF5N6O. The first kappa shape index (κ1) is 25.9. The van der Waals surface area contributed by atoms with E-state index in [9.17, 15) is 13.2 Å². The van der Waals surface area contributed by atoms with E-state index in [0.29, 0.717) is 13.0 Å². The SMILES string of the molecule is C[C@H](Nc1c(-c2c(F)cc(OCCCNC(C)(C)C)cc2F)c(Cl)nc2ncnn12)C(F)(F)F. The molecule has 1 aromatic carbocycles. The van der Waals surface area contributed by atoms with Crippen molar-refractivity contribution in [2.45, 2.75) is 51.9 Å². The van der Waals surface area contributed by atoms with E-state index >= 15 is 8.78 Å². The zero-order chi connectivity index (χ0) is 25.3. The Hall–Kier alpha value is -2.73. The number of nitrogens with one attached hydrogen (secondary N) is 2. The van der Waals surface area contributed by atoms with Gasteiger partial charge < -0.3 is 15.4 Å². The summed E-state index contributed by atoms with van der Waals surface area (Å²) in [6.07, 6.45) is -3.04. The van der Waals surface area contributed by atoms with Gasteiger partial charge >= 0.3 is 6.18 Å². The van der Waals surface area contributed by atoms with Gasteiger partial charge in [0.15, 0.2) is 0 Å². The van der Waals surface area contributed by atoms with Gasteiger partial charge in [-0.3, -0.25) is 0 Å². The lowest BCUT2D eigenvalue weighted by Gasteiger charge is -2.22. The fourth-order valence-corrected chi connectivity index (χ4v) is 3.32. The van der Waals surface area contributed by atoms with Crippen LogP contribution < -0.4 is 15.4 Å². The Balaban J connectivity index is 1.95. The molecule has 0 aliphatic carbocycles. The molecule has 0 unspecified atom stereocenters. The summed E-state index contributed by atoms with van der Waals surface area (Å²) in [5, 5.41) is 8.82. The van der Waals surface area contributed by atoms with Crippen molar-refractivity contribution in [3.8, 4) is 16.9 Å². The van der Waals surface area contributed by atoms with Crippen molar-refractivity contribution < 1.29 is 26.7 Å². The van der Waals surface area contributed by atoms with E-state index < -0.39 is 46.0 Å². The van der Waals surface area contributed by atoms with Gasteiger partial charge in [-0.15, -0.1) is 0 Å². The molecule has 3 rings (SSSR count). The van der Waals surface area contributed by atoms with Crippen LogP contribution >= 0.6 is 11.6 Å². The summed E-state index contributed by atoms with van der Waals surface area (Å²) < 4.78 is 76.1. The molecular weight excluding hydrogens is 483 g/mol. The molecule has 7 nitrogen and oxygen atoms in total. The summed E-state index contributed by atoms with van der Waals surface area (Å²) in [5.41, 5.74) is -1.17. The Labute approximate surface area is 197 Å². The van der Waals surface area contributed by atoms with E-state index in [1.54, 1.807) is 0 Å². The highest BCUT2D eigenvalue weighted by Crippen LogP contribution is 2.39. The van der Waals surface area contributed by atoms with Crippen LogP contribution in [0.25, 0.3) is 16.9 Å². The summed E-state index contributed by atoms with van der Waals surface area (Å²) in [5.74, 6) is -2.80. The molecule has 3 aromatic rings. The number of aromatic nitrogens is 4. The van der Waals surface area contributed by atoms with Gasteiger partial charge in [0.2, 0.25) is 0 Å². The highest BCUT2D eigenvalue weighted by molar-refractivity contribution is 6.33. The summed E-state index contributed by atoms with van der Waals surface area (Å²) in [6.45, 7) is 7.70. The predicted molar refractivity (Wildman–Crippen MR) is 118 cm³/mol. The Morgan fingerprint density at radius 2 is 1.76 bits per heavy atom. The molecule has 0 aliphatic rings. The zero-order valence-electron chi connectivity index (χ0n) is 18.9. The van der Waals surface area contributed by atoms with E-state index in [1.807, 2.05) is 20.8 Å². The second-order valence-electron chi connectivity index (χ2n) is 8.65. The highest BCUT2D eigenvalue weighted by atomic mass is 35.5. The minimum absolute atomic E-state index is 0.0707. The first-order valence-corrected chi connectivity index (χ1v) is 10.8. The average molecular weight is 507 g/mol. The van der Waals surface area contributed by atoms with Crippen LogP contribution in [-0.4, -0.2) is 50.5 Å². The monoisotopic (exact) mass is 506 g/mol. The first-order chi connectivity index (χ1) is 15.8. The third-order valence-corrected chi connectivity index (χ3v) is 5.01. The van der Waals surface area contributed by atoms with Crippen LogP contribution in [0.2, 0.25) is 5.15 Å². The maximum atomic E-state index is 15.1. The Bertz CT molecular complexity index is 1140. The van der Waals surface area contributed by atoms with Crippen LogP contribution in [0.15, 0.2) is 18.5 Å². The lowest BCUT2D eigenvalue weighted by molar-refractivity contribution is -0.138. The van der Waals surface area contributed by atoms with Crippen LogP contribution in [-0.2, 0) is 0 Å². The molecule has 186 valence electrons. The standard InChI is InChI=1S/C21H24ClF5N6O/c1-11(21(25,26)27)31-18-16(17(22)32-19-28-10-30-33(18)19)15-13(23)8-12(9-14(15)24)34-7-5-6-29-20(2,3)4/h8-11,29,31H,5-7H2,1-4H3/t11-/m0/s1. The number of anilines is 1. The van der Waals surface area contributed by atoms with Crippen molar-refractivity contribution in [1.82, 2.24) is 24.9 Å². The zero-order valence-corrected chi connectivity index (χ0v) is 19.7. The number of benzene rings is 1. The molecule has 2 N–H and O–H groups in total. The molecule has 2 aromatic heterocycles. The maximum Gasteiger partial charge on any atom is 0.408 e. The van der Waals surface area contributed by atoms with Gasteiger partial charge in [-0.2, -0.15) is 32.8 Å². The molecule has 1 atom stereocenters. The molecule has 0 amide bonds. The third-order valence-electron chi connectivity index (χ3n) is 4.74. The first-order valence-electron chi connectivity index (χ1n) is 10.4. The van der Waals surface area contributed by atoms with Crippen molar-refractivity contribution in [1.29, 1.82) is 0 Å². The molecule has 2 heterocycles. The number of ether oxygens (including phenoxy) is 1. The lowest BCUT2D eigenvalue weighted by atomic mass is 10.1. The Kier molecular flexibility index (Phi) is 7.51. The maximum absolute atomic E-state index is 15.1. The van der Waals surface area contributed by atoms with Gasteiger partial charge in [-0.25, -0.2) is 8.78 Å². The minimum atomic E-state index is -4.66. The second kappa shape index (κ2) is 9.87. The summed E-state index contributed by atoms with van der Waals surface area (Å²) >= 11 is 6.15. The fraction of sp³-hybridized carbons (Fsp3) is 0.476. The van der Waals surface area contributed by atoms with E-state index in [4.69, 9.17) is 16.3 Å². The lowest BCUT2D eigenvalue weighted by Crippen LogP contribution is -2.36. The number of hydrogen-bond acceptors (Lipinski definition) is 6. The van der Waals surface area contributed by atoms with Crippen molar-refractivity contribution in [3.05, 3.63) is 35.2 Å².